The molecule has 2 fully saturated rings. The van der Waals surface area contributed by atoms with Gasteiger partial charge in [-0.3, -0.25) is 4.79 Å². The first-order valence-electron chi connectivity index (χ1n) is 11.7. The van der Waals surface area contributed by atoms with Crippen molar-refractivity contribution in [3.05, 3.63) is 59.7 Å². The molecule has 0 aromatic heterocycles. The third-order valence-electron chi connectivity index (χ3n) is 6.79. The molecule has 2 saturated heterocycles. The molecule has 0 bridgehead atoms. The summed E-state index contributed by atoms with van der Waals surface area (Å²) in [5, 5.41) is 0. The van der Waals surface area contributed by atoms with Gasteiger partial charge in [-0.1, -0.05) is 0 Å². The van der Waals surface area contributed by atoms with Crippen molar-refractivity contribution >= 4 is 15.9 Å². The first-order valence-corrected chi connectivity index (χ1v) is 13.1. The first kappa shape index (κ1) is 25.5. The lowest BCUT2D eigenvalue weighted by molar-refractivity contribution is -0.139. The van der Waals surface area contributed by atoms with Crippen LogP contribution in [0.4, 0.5) is 8.78 Å². The number of benzene rings is 2. The SMILES string of the molecule is Cc1cc(F)ccc1S(=O)(=O)N1CCC(COc2ccc(F)cc2)(CC(=O)N2CCOCC2)CC1. The Kier molecular flexibility index (Phi) is 7.73. The highest BCUT2D eigenvalue weighted by Gasteiger charge is 2.42. The fraction of sp³-hybridized carbons (Fsp3) is 0.480. The maximum absolute atomic E-state index is 13.5. The van der Waals surface area contributed by atoms with Gasteiger partial charge in [0.15, 0.2) is 0 Å². The van der Waals surface area contributed by atoms with Crippen molar-refractivity contribution in [1.29, 1.82) is 0 Å². The Morgan fingerprint density at radius 3 is 2.26 bits per heavy atom. The van der Waals surface area contributed by atoms with Gasteiger partial charge in [0.2, 0.25) is 15.9 Å². The summed E-state index contributed by atoms with van der Waals surface area (Å²) in [6.07, 6.45) is 1.06. The molecule has 0 spiro atoms. The summed E-state index contributed by atoms with van der Waals surface area (Å²) in [6.45, 7) is 4.24. The first-order chi connectivity index (χ1) is 16.7. The third kappa shape index (κ3) is 5.99. The number of hydrogen-bond acceptors (Lipinski definition) is 5. The number of ether oxygens (including phenoxy) is 2. The highest BCUT2D eigenvalue weighted by Crippen LogP contribution is 2.38. The minimum Gasteiger partial charge on any atom is -0.493 e. The lowest BCUT2D eigenvalue weighted by Crippen LogP contribution is -2.49. The molecule has 10 heteroatoms. The number of sulfonamides is 1. The van der Waals surface area contributed by atoms with Gasteiger partial charge in [-0.05, 0) is 67.8 Å². The van der Waals surface area contributed by atoms with Gasteiger partial charge in [0.05, 0.1) is 24.7 Å². The molecule has 0 radical (unpaired) electrons. The Morgan fingerprint density at radius 2 is 1.63 bits per heavy atom. The van der Waals surface area contributed by atoms with Crippen LogP contribution in [0.3, 0.4) is 0 Å². The van der Waals surface area contributed by atoms with E-state index in [1.54, 1.807) is 11.8 Å². The van der Waals surface area contributed by atoms with Gasteiger partial charge < -0.3 is 14.4 Å². The molecule has 0 unspecified atom stereocenters. The molecular weight excluding hydrogens is 478 g/mol. The fourth-order valence-corrected chi connectivity index (χ4v) is 6.27. The van der Waals surface area contributed by atoms with E-state index in [1.807, 2.05) is 0 Å². The van der Waals surface area contributed by atoms with Crippen LogP contribution in [0.15, 0.2) is 47.4 Å². The molecule has 7 nitrogen and oxygen atoms in total. The van der Waals surface area contributed by atoms with E-state index in [-0.39, 0.29) is 42.7 Å². The maximum atomic E-state index is 13.5. The normalized spacial score (nSPS) is 18.9. The third-order valence-corrected chi connectivity index (χ3v) is 8.85. The largest absolute Gasteiger partial charge is 0.493 e. The van der Waals surface area contributed by atoms with Gasteiger partial charge in [-0.25, -0.2) is 17.2 Å². The Bertz CT molecular complexity index is 1140. The van der Waals surface area contributed by atoms with Gasteiger partial charge >= 0.3 is 0 Å². The van der Waals surface area contributed by atoms with E-state index >= 15 is 0 Å². The number of amides is 1. The number of morpholine rings is 1. The van der Waals surface area contributed by atoms with Gasteiger partial charge in [0.1, 0.15) is 17.4 Å². The van der Waals surface area contributed by atoms with Gasteiger partial charge in [-0.15, -0.1) is 0 Å². The topological polar surface area (TPSA) is 76.2 Å². The molecule has 0 aliphatic carbocycles. The van der Waals surface area contributed by atoms with Crippen LogP contribution in [0.2, 0.25) is 0 Å². The predicted molar refractivity (Wildman–Crippen MR) is 125 cm³/mol. The van der Waals surface area contributed by atoms with Crippen LogP contribution in [-0.2, 0) is 19.6 Å². The smallest absolute Gasteiger partial charge is 0.243 e. The van der Waals surface area contributed by atoms with Crippen LogP contribution in [0.1, 0.15) is 24.8 Å². The van der Waals surface area contributed by atoms with Crippen molar-refractivity contribution in [1.82, 2.24) is 9.21 Å². The van der Waals surface area contributed by atoms with Crippen molar-refractivity contribution < 1.29 is 31.5 Å². The molecule has 1 amide bonds. The lowest BCUT2D eigenvalue weighted by atomic mass is 9.76. The summed E-state index contributed by atoms with van der Waals surface area (Å²) in [5.41, 5.74) is -0.225. The average molecular weight is 509 g/mol. The summed E-state index contributed by atoms with van der Waals surface area (Å²) in [7, 11) is -3.81. The molecule has 2 aliphatic rings. The Balaban J connectivity index is 1.50. The minimum atomic E-state index is -3.81. The number of rotatable bonds is 7. The van der Waals surface area contributed by atoms with Crippen molar-refractivity contribution in [3.8, 4) is 5.75 Å². The zero-order valence-corrected chi connectivity index (χ0v) is 20.5. The summed E-state index contributed by atoms with van der Waals surface area (Å²) >= 11 is 0. The molecular formula is C25H30F2N2O5S. The molecule has 190 valence electrons. The summed E-state index contributed by atoms with van der Waals surface area (Å²) in [4.78, 5) is 15.0. The lowest BCUT2D eigenvalue weighted by Gasteiger charge is -2.42. The number of nitrogens with zero attached hydrogens (tertiary/aromatic N) is 2. The second-order valence-corrected chi connectivity index (χ2v) is 11.1. The van der Waals surface area contributed by atoms with E-state index in [4.69, 9.17) is 9.47 Å². The average Bonchev–Trinajstić information content (AvgIpc) is 2.84. The zero-order chi connectivity index (χ0) is 25.1. The van der Waals surface area contributed by atoms with Crippen LogP contribution in [0, 0.1) is 24.0 Å². The molecule has 2 aromatic rings. The minimum absolute atomic E-state index is 0.0123. The quantitative estimate of drug-likeness (QED) is 0.573. The number of carbonyl (C=O) groups is 1. The molecule has 2 heterocycles. The standard InChI is InChI=1S/C25H30F2N2O5S/c1-19-16-21(27)4-7-23(19)35(31,32)29-10-8-25(9-11-29,17-24(30)28-12-14-33-15-13-28)18-34-22-5-2-20(26)3-6-22/h2-7,16H,8-15,17-18H2,1H3. The molecule has 0 saturated carbocycles. The highest BCUT2D eigenvalue weighted by atomic mass is 32.2. The van der Waals surface area contributed by atoms with E-state index in [1.165, 1.54) is 40.7 Å². The van der Waals surface area contributed by atoms with Crippen LogP contribution < -0.4 is 4.74 Å². The number of piperidine rings is 1. The summed E-state index contributed by atoms with van der Waals surface area (Å²) in [6, 6.07) is 9.32. The molecule has 2 aliphatic heterocycles. The number of hydrogen-bond donors (Lipinski definition) is 0. The highest BCUT2D eigenvalue weighted by molar-refractivity contribution is 7.89. The van der Waals surface area contributed by atoms with E-state index in [0.717, 1.165) is 6.07 Å². The fourth-order valence-electron chi connectivity index (χ4n) is 4.63. The van der Waals surface area contributed by atoms with Crippen molar-refractivity contribution in [2.75, 3.05) is 46.0 Å². The Hall–Kier alpha value is -2.56. The predicted octanol–water partition coefficient (Wildman–Crippen LogP) is 3.37. The number of carbonyl (C=O) groups excluding carboxylic acids is 1. The molecule has 4 rings (SSSR count). The van der Waals surface area contributed by atoms with E-state index in [2.05, 4.69) is 0 Å². The molecule has 2 aromatic carbocycles. The summed E-state index contributed by atoms with van der Waals surface area (Å²) < 4.78 is 66.0. The van der Waals surface area contributed by atoms with Gasteiger partial charge in [0.25, 0.3) is 0 Å². The van der Waals surface area contributed by atoms with Crippen LogP contribution in [-0.4, -0.2) is 69.5 Å². The van der Waals surface area contributed by atoms with E-state index in [0.29, 0.717) is 50.5 Å². The maximum Gasteiger partial charge on any atom is 0.243 e. The van der Waals surface area contributed by atoms with Gasteiger partial charge in [0, 0.05) is 38.0 Å². The number of aryl methyl sites for hydroxylation is 1. The Morgan fingerprint density at radius 1 is 1.00 bits per heavy atom. The second kappa shape index (κ2) is 10.6. The van der Waals surface area contributed by atoms with Crippen LogP contribution in [0.25, 0.3) is 0 Å². The van der Waals surface area contributed by atoms with Crippen molar-refractivity contribution in [2.24, 2.45) is 5.41 Å². The van der Waals surface area contributed by atoms with Gasteiger partial charge in [-0.2, -0.15) is 4.31 Å². The Labute approximate surface area is 204 Å². The molecule has 0 N–H and O–H groups in total. The van der Waals surface area contributed by atoms with Crippen LogP contribution in [0.5, 0.6) is 5.75 Å². The van der Waals surface area contributed by atoms with E-state index in [9.17, 15) is 22.0 Å². The van der Waals surface area contributed by atoms with Crippen molar-refractivity contribution in [3.63, 3.8) is 0 Å². The summed E-state index contributed by atoms with van der Waals surface area (Å²) in [5.74, 6) is -0.383. The molecule has 35 heavy (non-hydrogen) atoms. The van der Waals surface area contributed by atoms with Crippen molar-refractivity contribution in [2.45, 2.75) is 31.1 Å². The zero-order valence-electron chi connectivity index (χ0n) is 19.7. The van der Waals surface area contributed by atoms with E-state index < -0.39 is 21.3 Å². The monoisotopic (exact) mass is 508 g/mol. The molecule has 0 atom stereocenters. The van der Waals surface area contributed by atoms with Crippen LogP contribution >= 0.6 is 0 Å². The second-order valence-electron chi connectivity index (χ2n) is 9.23. The number of halogens is 2.